The molecule has 1 amide bonds. The Morgan fingerprint density at radius 1 is 1.39 bits per heavy atom. The van der Waals surface area contributed by atoms with Crippen LogP contribution in [0, 0.1) is 6.92 Å². The number of benzene rings is 1. The fourth-order valence-corrected chi connectivity index (χ4v) is 2.17. The van der Waals surface area contributed by atoms with Crippen LogP contribution in [-0.4, -0.2) is 17.5 Å². The lowest BCUT2D eigenvalue weighted by Gasteiger charge is -2.30. The first-order chi connectivity index (χ1) is 8.67. The third kappa shape index (κ3) is 2.26. The summed E-state index contributed by atoms with van der Waals surface area (Å²) < 4.78 is 5.37. The second-order valence-electron chi connectivity index (χ2n) is 4.55. The number of unbranched alkanes of at least 4 members (excludes halogenated alkanes) is 1. The zero-order valence-corrected chi connectivity index (χ0v) is 11.2. The predicted octanol–water partition coefficient (Wildman–Crippen LogP) is 3.97. The highest BCUT2D eigenvalue weighted by atomic mass is 16.6. The van der Waals surface area contributed by atoms with Gasteiger partial charge in [0.25, 0.3) is 0 Å². The van der Waals surface area contributed by atoms with Crippen molar-refractivity contribution < 1.29 is 9.53 Å². The van der Waals surface area contributed by atoms with E-state index in [1.165, 1.54) is 5.56 Å². The van der Waals surface area contributed by atoms with Crippen LogP contribution in [-0.2, 0) is 0 Å². The van der Waals surface area contributed by atoms with E-state index in [1.807, 2.05) is 32.1 Å². The van der Waals surface area contributed by atoms with Crippen molar-refractivity contribution in [3.05, 3.63) is 35.4 Å². The van der Waals surface area contributed by atoms with Gasteiger partial charge < -0.3 is 4.74 Å². The van der Waals surface area contributed by atoms with Crippen LogP contribution in [0.5, 0.6) is 5.75 Å². The Bertz CT molecular complexity index is 491. The molecule has 96 valence electrons. The van der Waals surface area contributed by atoms with E-state index in [0.29, 0.717) is 12.3 Å². The van der Waals surface area contributed by atoms with Crippen molar-refractivity contribution in [1.82, 2.24) is 4.90 Å². The molecule has 0 aromatic heterocycles. The highest BCUT2D eigenvalue weighted by Gasteiger charge is 2.28. The second kappa shape index (κ2) is 5.25. The maximum absolute atomic E-state index is 12.0. The maximum Gasteiger partial charge on any atom is 0.419 e. The van der Waals surface area contributed by atoms with Gasteiger partial charge in [0.15, 0.2) is 0 Å². The number of fused-ring (bicyclic) bond motifs is 1. The van der Waals surface area contributed by atoms with Crippen molar-refractivity contribution in [2.75, 3.05) is 6.54 Å². The van der Waals surface area contributed by atoms with Crippen molar-refractivity contribution in [1.29, 1.82) is 0 Å². The van der Waals surface area contributed by atoms with E-state index in [0.717, 1.165) is 24.1 Å². The van der Waals surface area contributed by atoms with Crippen LogP contribution < -0.4 is 4.74 Å². The molecule has 0 N–H and O–H groups in total. The average Bonchev–Trinajstić information content (AvgIpc) is 2.36. The monoisotopic (exact) mass is 245 g/mol. The summed E-state index contributed by atoms with van der Waals surface area (Å²) in [6.45, 7) is 6.82. The summed E-state index contributed by atoms with van der Waals surface area (Å²) in [5, 5.41) is 0. The molecule has 1 heterocycles. The molecular weight excluding hydrogens is 226 g/mol. The number of carbonyl (C=O) groups is 1. The van der Waals surface area contributed by atoms with Crippen LogP contribution in [0.4, 0.5) is 4.79 Å². The Hall–Kier alpha value is -1.77. The molecule has 0 atom stereocenters. The van der Waals surface area contributed by atoms with Gasteiger partial charge >= 0.3 is 6.09 Å². The van der Waals surface area contributed by atoms with Crippen molar-refractivity contribution in [2.45, 2.75) is 33.6 Å². The highest BCUT2D eigenvalue weighted by molar-refractivity contribution is 5.89. The molecule has 3 heteroatoms. The molecule has 1 aromatic carbocycles. The summed E-state index contributed by atoms with van der Waals surface area (Å²) in [4.78, 5) is 13.7. The molecule has 0 saturated heterocycles. The number of nitrogens with zero attached hydrogens (tertiary/aromatic N) is 1. The van der Waals surface area contributed by atoms with E-state index in [2.05, 4.69) is 13.0 Å². The zero-order chi connectivity index (χ0) is 13.1. The van der Waals surface area contributed by atoms with E-state index >= 15 is 0 Å². The molecule has 0 aliphatic carbocycles. The number of hydrogen-bond acceptors (Lipinski definition) is 2. The Balaban J connectivity index is 2.40. The first kappa shape index (κ1) is 12.7. The van der Waals surface area contributed by atoms with Gasteiger partial charge in [0.2, 0.25) is 0 Å². The van der Waals surface area contributed by atoms with Gasteiger partial charge in [-0.25, -0.2) is 4.79 Å². The lowest BCUT2D eigenvalue weighted by molar-refractivity contribution is 0.167. The number of carbonyl (C=O) groups excluding carboxylic acids is 1. The van der Waals surface area contributed by atoms with E-state index in [4.69, 9.17) is 4.74 Å². The summed E-state index contributed by atoms with van der Waals surface area (Å²) in [7, 11) is 0. The van der Waals surface area contributed by atoms with E-state index in [1.54, 1.807) is 4.90 Å². The van der Waals surface area contributed by atoms with Crippen LogP contribution >= 0.6 is 0 Å². The number of amides is 1. The second-order valence-corrected chi connectivity index (χ2v) is 4.55. The standard InChI is InChI=1S/C15H19NO2/c1-4-6-9-16-13(5-2)12-10-11(3)7-8-14(12)18-15(16)17/h5,7-8,10H,4,6,9H2,1-3H3/b13-5-. The lowest BCUT2D eigenvalue weighted by atomic mass is 10.0. The topological polar surface area (TPSA) is 29.5 Å². The molecule has 0 spiro atoms. The number of ether oxygens (including phenoxy) is 1. The Morgan fingerprint density at radius 2 is 2.17 bits per heavy atom. The van der Waals surface area contributed by atoms with E-state index in [9.17, 15) is 4.79 Å². The summed E-state index contributed by atoms with van der Waals surface area (Å²) >= 11 is 0. The molecule has 0 fully saturated rings. The number of hydrogen-bond donors (Lipinski definition) is 0. The molecule has 0 unspecified atom stereocenters. The number of allylic oxidation sites excluding steroid dienone is 1. The molecule has 2 rings (SSSR count). The first-order valence-electron chi connectivity index (χ1n) is 6.44. The van der Waals surface area contributed by atoms with Gasteiger partial charge in [0.1, 0.15) is 5.75 Å². The van der Waals surface area contributed by atoms with Crippen molar-refractivity contribution in [3.8, 4) is 5.75 Å². The predicted molar refractivity (Wildman–Crippen MR) is 72.5 cm³/mol. The van der Waals surface area contributed by atoms with Gasteiger partial charge in [-0.1, -0.05) is 31.1 Å². The summed E-state index contributed by atoms with van der Waals surface area (Å²) in [6.07, 6.45) is 3.75. The number of aryl methyl sites for hydroxylation is 1. The van der Waals surface area contributed by atoms with Crippen molar-refractivity contribution in [3.63, 3.8) is 0 Å². The third-order valence-electron chi connectivity index (χ3n) is 3.13. The average molecular weight is 245 g/mol. The minimum Gasteiger partial charge on any atom is -0.409 e. The SMILES string of the molecule is C/C=C1/c2cc(C)ccc2OC(=O)N1CCCC. The summed E-state index contributed by atoms with van der Waals surface area (Å²) in [5.41, 5.74) is 3.13. The Labute approximate surface area is 108 Å². The van der Waals surface area contributed by atoms with Gasteiger partial charge in [-0.05, 0) is 32.4 Å². The first-order valence-corrected chi connectivity index (χ1v) is 6.44. The maximum atomic E-state index is 12.0. The minimum absolute atomic E-state index is 0.270. The normalized spacial score (nSPS) is 16.7. The summed E-state index contributed by atoms with van der Waals surface area (Å²) in [6, 6.07) is 5.89. The molecule has 0 bridgehead atoms. The van der Waals surface area contributed by atoms with Gasteiger partial charge in [0, 0.05) is 12.1 Å². The molecular formula is C15H19NO2. The molecule has 3 nitrogen and oxygen atoms in total. The van der Waals surface area contributed by atoms with Crippen molar-refractivity contribution >= 4 is 11.8 Å². The molecule has 1 aromatic rings. The summed E-state index contributed by atoms with van der Waals surface area (Å²) in [5.74, 6) is 0.659. The van der Waals surface area contributed by atoms with Crippen LogP contribution in [0.3, 0.4) is 0 Å². The smallest absolute Gasteiger partial charge is 0.409 e. The number of rotatable bonds is 3. The van der Waals surface area contributed by atoms with Crippen LogP contribution in [0.2, 0.25) is 0 Å². The van der Waals surface area contributed by atoms with Gasteiger partial charge in [-0.2, -0.15) is 0 Å². The highest BCUT2D eigenvalue weighted by Crippen LogP contribution is 2.34. The van der Waals surface area contributed by atoms with Gasteiger partial charge in [-0.15, -0.1) is 0 Å². The third-order valence-corrected chi connectivity index (χ3v) is 3.13. The lowest BCUT2D eigenvalue weighted by Crippen LogP contribution is -2.36. The molecule has 18 heavy (non-hydrogen) atoms. The molecule has 1 aliphatic rings. The van der Waals surface area contributed by atoms with Crippen molar-refractivity contribution in [2.24, 2.45) is 0 Å². The van der Waals surface area contributed by atoms with Gasteiger partial charge in [0.05, 0.1) is 5.70 Å². The van der Waals surface area contributed by atoms with Crippen LogP contribution in [0.15, 0.2) is 24.3 Å². The zero-order valence-electron chi connectivity index (χ0n) is 11.2. The van der Waals surface area contributed by atoms with Crippen LogP contribution in [0.1, 0.15) is 37.8 Å². The fraction of sp³-hybridized carbons (Fsp3) is 0.400. The largest absolute Gasteiger partial charge is 0.419 e. The minimum atomic E-state index is -0.270. The van der Waals surface area contributed by atoms with E-state index in [-0.39, 0.29) is 6.09 Å². The molecule has 0 radical (unpaired) electrons. The molecule has 1 aliphatic heterocycles. The van der Waals surface area contributed by atoms with Crippen LogP contribution in [0.25, 0.3) is 5.70 Å². The quantitative estimate of drug-likeness (QED) is 0.806. The van der Waals surface area contributed by atoms with Gasteiger partial charge in [-0.3, -0.25) is 4.90 Å². The fourth-order valence-electron chi connectivity index (χ4n) is 2.17. The Morgan fingerprint density at radius 3 is 2.83 bits per heavy atom. The Kier molecular flexibility index (Phi) is 3.70. The van der Waals surface area contributed by atoms with E-state index < -0.39 is 0 Å². The molecule has 0 saturated carbocycles.